The van der Waals surface area contributed by atoms with Gasteiger partial charge in [-0.2, -0.15) is 0 Å². The van der Waals surface area contributed by atoms with Crippen LogP contribution in [0, 0.1) is 0 Å². The van der Waals surface area contributed by atoms with Gasteiger partial charge in [0.15, 0.2) is 0 Å². The van der Waals surface area contributed by atoms with Gasteiger partial charge in [0.05, 0.1) is 0 Å². The lowest BCUT2D eigenvalue weighted by Crippen LogP contribution is -2.18. The molecule has 5 N–H and O–H groups in total. The van der Waals surface area contributed by atoms with E-state index in [2.05, 4.69) is 5.32 Å². The van der Waals surface area contributed by atoms with E-state index in [1.165, 1.54) is 0 Å². The van der Waals surface area contributed by atoms with E-state index >= 15 is 0 Å². The maximum Gasteiger partial charge on any atom is 0.248 e. The number of amides is 2. The number of nitrogens with one attached hydrogen (secondary N) is 1. The molecule has 1 rings (SSSR count). The summed E-state index contributed by atoms with van der Waals surface area (Å²) in [6.45, 7) is 1.43. The predicted octanol–water partition coefficient (Wildman–Crippen LogP) is 0.141. The topological polar surface area (TPSA) is 98.2 Å². The van der Waals surface area contributed by atoms with Crippen molar-refractivity contribution in [3.63, 3.8) is 0 Å². The summed E-state index contributed by atoms with van der Waals surface area (Å²) in [6, 6.07) is 7.09. The van der Waals surface area contributed by atoms with Crippen LogP contribution in [-0.4, -0.2) is 18.4 Å². The zero-order chi connectivity index (χ0) is 12.7. The normalized spacial score (nSPS) is 10.1. The van der Waals surface area contributed by atoms with Crippen molar-refractivity contribution >= 4 is 11.8 Å². The van der Waals surface area contributed by atoms with Crippen molar-refractivity contribution < 1.29 is 9.59 Å². The zero-order valence-electron chi connectivity index (χ0n) is 9.61. The van der Waals surface area contributed by atoms with Crippen LogP contribution in [0.2, 0.25) is 0 Å². The Bertz CT molecular complexity index is 387. The van der Waals surface area contributed by atoms with Crippen LogP contribution in [0.25, 0.3) is 0 Å². The number of hydrogen-bond donors (Lipinski definition) is 3. The van der Waals surface area contributed by atoms with Crippen LogP contribution >= 0.6 is 0 Å². The largest absolute Gasteiger partial charge is 0.370 e. The molecule has 0 bridgehead atoms. The molecule has 0 radical (unpaired) electrons. The van der Waals surface area contributed by atoms with Crippen molar-refractivity contribution in [3.05, 3.63) is 35.4 Å². The van der Waals surface area contributed by atoms with Crippen LogP contribution < -0.4 is 16.8 Å². The van der Waals surface area contributed by atoms with Crippen LogP contribution in [0.5, 0.6) is 0 Å². The van der Waals surface area contributed by atoms with Crippen LogP contribution in [0.15, 0.2) is 24.3 Å². The van der Waals surface area contributed by atoms with Gasteiger partial charge >= 0.3 is 0 Å². The van der Waals surface area contributed by atoms with Gasteiger partial charge in [-0.3, -0.25) is 9.59 Å². The standard InChI is InChI=1S/C12H17N3O2/c13-11(16)2-1-7-15-8-9-3-5-10(6-4-9)12(14)17/h3-6,15H,1-2,7-8H2,(H2,13,16)(H2,14,17). The Morgan fingerprint density at radius 3 is 2.29 bits per heavy atom. The van der Waals surface area contributed by atoms with Gasteiger partial charge in [-0.05, 0) is 30.7 Å². The van der Waals surface area contributed by atoms with Gasteiger partial charge in [-0.1, -0.05) is 12.1 Å². The fourth-order valence-electron chi connectivity index (χ4n) is 1.41. The summed E-state index contributed by atoms with van der Waals surface area (Å²) in [5.41, 5.74) is 11.7. The maximum atomic E-state index is 10.8. The summed E-state index contributed by atoms with van der Waals surface area (Å²) >= 11 is 0. The SMILES string of the molecule is NC(=O)CCCNCc1ccc(C(N)=O)cc1. The monoisotopic (exact) mass is 235 g/mol. The van der Waals surface area contributed by atoms with Gasteiger partial charge in [-0.15, -0.1) is 0 Å². The van der Waals surface area contributed by atoms with E-state index in [0.29, 0.717) is 18.5 Å². The molecular weight excluding hydrogens is 218 g/mol. The number of nitrogens with two attached hydrogens (primary N) is 2. The van der Waals surface area contributed by atoms with Gasteiger partial charge in [0.2, 0.25) is 11.8 Å². The van der Waals surface area contributed by atoms with Crippen LogP contribution in [0.1, 0.15) is 28.8 Å². The molecular formula is C12H17N3O2. The number of carbonyl (C=O) groups excluding carboxylic acids is 2. The van der Waals surface area contributed by atoms with Crippen molar-refractivity contribution in [2.45, 2.75) is 19.4 Å². The second kappa shape index (κ2) is 6.65. The van der Waals surface area contributed by atoms with E-state index in [-0.39, 0.29) is 5.91 Å². The van der Waals surface area contributed by atoms with Gasteiger partial charge in [0.25, 0.3) is 0 Å². The molecule has 92 valence electrons. The molecule has 0 fully saturated rings. The molecule has 0 saturated carbocycles. The van der Waals surface area contributed by atoms with Gasteiger partial charge in [-0.25, -0.2) is 0 Å². The molecule has 0 spiro atoms. The van der Waals surface area contributed by atoms with E-state index in [1.54, 1.807) is 12.1 Å². The van der Waals surface area contributed by atoms with E-state index in [4.69, 9.17) is 11.5 Å². The number of rotatable bonds is 7. The highest BCUT2D eigenvalue weighted by Gasteiger charge is 1.99. The quantitative estimate of drug-likeness (QED) is 0.586. The molecule has 0 atom stereocenters. The average molecular weight is 235 g/mol. The van der Waals surface area contributed by atoms with E-state index in [9.17, 15) is 9.59 Å². The van der Waals surface area contributed by atoms with Gasteiger partial charge in [0, 0.05) is 18.5 Å². The predicted molar refractivity (Wildman–Crippen MR) is 65.1 cm³/mol. The van der Waals surface area contributed by atoms with E-state index in [0.717, 1.165) is 18.5 Å². The number of benzene rings is 1. The fraction of sp³-hybridized carbons (Fsp3) is 0.333. The van der Waals surface area contributed by atoms with Crippen molar-refractivity contribution in [2.24, 2.45) is 11.5 Å². The molecule has 17 heavy (non-hydrogen) atoms. The fourth-order valence-corrected chi connectivity index (χ4v) is 1.41. The third-order valence-electron chi connectivity index (χ3n) is 2.34. The van der Waals surface area contributed by atoms with E-state index in [1.807, 2.05) is 12.1 Å². The van der Waals surface area contributed by atoms with Crippen molar-refractivity contribution in [1.29, 1.82) is 0 Å². The minimum absolute atomic E-state index is 0.280. The number of primary amides is 2. The Hall–Kier alpha value is -1.88. The summed E-state index contributed by atoms with van der Waals surface area (Å²) in [7, 11) is 0. The first-order valence-electron chi connectivity index (χ1n) is 5.47. The van der Waals surface area contributed by atoms with Gasteiger partial charge < -0.3 is 16.8 Å². The lowest BCUT2D eigenvalue weighted by atomic mass is 10.1. The molecule has 5 nitrogen and oxygen atoms in total. The van der Waals surface area contributed by atoms with Crippen molar-refractivity contribution in [3.8, 4) is 0 Å². The molecule has 5 heteroatoms. The number of hydrogen-bond acceptors (Lipinski definition) is 3. The highest BCUT2D eigenvalue weighted by atomic mass is 16.1. The smallest absolute Gasteiger partial charge is 0.248 e. The molecule has 2 amide bonds. The van der Waals surface area contributed by atoms with Crippen LogP contribution in [-0.2, 0) is 11.3 Å². The third-order valence-corrected chi connectivity index (χ3v) is 2.34. The first-order valence-corrected chi connectivity index (χ1v) is 5.47. The summed E-state index contributed by atoms with van der Waals surface area (Å²) < 4.78 is 0. The first-order chi connectivity index (χ1) is 8.09. The van der Waals surface area contributed by atoms with Crippen LogP contribution in [0.3, 0.4) is 0 Å². The minimum Gasteiger partial charge on any atom is -0.370 e. The zero-order valence-corrected chi connectivity index (χ0v) is 9.61. The molecule has 0 aliphatic heterocycles. The third kappa shape index (κ3) is 5.12. The highest BCUT2D eigenvalue weighted by molar-refractivity contribution is 5.92. The van der Waals surface area contributed by atoms with Gasteiger partial charge in [0.1, 0.15) is 0 Å². The summed E-state index contributed by atoms with van der Waals surface area (Å²) in [4.78, 5) is 21.3. The first kappa shape index (κ1) is 13.2. The summed E-state index contributed by atoms with van der Waals surface area (Å²) in [5.74, 6) is -0.705. The molecule has 0 heterocycles. The van der Waals surface area contributed by atoms with Crippen molar-refractivity contribution in [1.82, 2.24) is 5.32 Å². The number of carbonyl (C=O) groups is 2. The van der Waals surface area contributed by atoms with Crippen LogP contribution in [0.4, 0.5) is 0 Å². The molecule has 0 aliphatic rings. The lowest BCUT2D eigenvalue weighted by Gasteiger charge is -2.04. The van der Waals surface area contributed by atoms with E-state index < -0.39 is 5.91 Å². The molecule has 1 aromatic carbocycles. The lowest BCUT2D eigenvalue weighted by molar-refractivity contribution is -0.118. The molecule has 0 aromatic heterocycles. The Morgan fingerprint density at radius 1 is 1.12 bits per heavy atom. The molecule has 0 saturated heterocycles. The Kier molecular flexibility index (Phi) is 5.16. The highest BCUT2D eigenvalue weighted by Crippen LogP contribution is 2.03. The molecule has 0 unspecified atom stereocenters. The average Bonchev–Trinajstić information content (AvgIpc) is 2.29. The maximum absolute atomic E-state index is 10.8. The Balaban J connectivity index is 2.27. The Labute approximate surface area is 100 Å². The molecule has 1 aromatic rings. The second-order valence-corrected chi connectivity index (χ2v) is 3.81. The summed E-state index contributed by atoms with van der Waals surface area (Å²) in [5, 5.41) is 3.18. The molecule has 0 aliphatic carbocycles. The minimum atomic E-state index is -0.425. The van der Waals surface area contributed by atoms with Crippen molar-refractivity contribution in [2.75, 3.05) is 6.54 Å². The summed E-state index contributed by atoms with van der Waals surface area (Å²) in [6.07, 6.45) is 1.13. The Morgan fingerprint density at radius 2 is 1.76 bits per heavy atom. The second-order valence-electron chi connectivity index (χ2n) is 3.81.